The fourth-order valence-corrected chi connectivity index (χ4v) is 5.73. The molecule has 0 bridgehead atoms. The number of carboxylic acids is 10. The van der Waals surface area contributed by atoms with Crippen LogP contribution in [0.15, 0.2) is 0 Å². The van der Waals surface area contributed by atoms with E-state index in [9.17, 15) is 109 Å². The third-order valence-corrected chi connectivity index (χ3v) is 7.62. The summed E-state index contributed by atoms with van der Waals surface area (Å²) in [6.07, 6.45) is -1.76. The van der Waals surface area contributed by atoms with Gasteiger partial charge in [0.1, 0.15) is 5.92 Å². The summed E-state index contributed by atoms with van der Waals surface area (Å²) in [6.45, 7) is 0. The standard InChI is InChI=1S/C20H23O23P/c21-3(22)1-2(12(23)24)4(13(25)26)5(14(27)28)6(15(29)30)7(16(31)32)8(17(33)34)9(18(35)36)10(19(37)38)11(20(39)40)44(41,42)43/h2,4-11H,1H2,(H,21,22)(H,23,24)(H,25,26)(H,27,28)(H,29,30)(H,31,32)(H,33,34)(H,35,36)(H,37,38)(H,39,40)(H2,41,42,43)/p-2. The highest BCUT2D eigenvalue weighted by Crippen LogP contribution is 2.48. The Labute approximate surface area is 241 Å². The van der Waals surface area contributed by atoms with Crippen molar-refractivity contribution in [2.75, 3.05) is 0 Å². The number of hydrogen-bond donors (Lipinski definition) is 10. The molecule has 44 heavy (non-hydrogen) atoms. The lowest BCUT2D eigenvalue weighted by molar-refractivity contribution is -0.430. The van der Waals surface area contributed by atoms with Gasteiger partial charge in [-0.05, 0) is 0 Å². The maximum absolute atomic E-state index is 12.3. The lowest BCUT2D eigenvalue weighted by Gasteiger charge is -2.49. The van der Waals surface area contributed by atoms with Crippen LogP contribution in [0.3, 0.4) is 0 Å². The molecule has 0 aliphatic heterocycles. The molecule has 246 valence electrons. The third kappa shape index (κ3) is 9.00. The van der Waals surface area contributed by atoms with E-state index in [2.05, 4.69) is 0 Å². The Balaban J connectivity index is 8.03. The van der Waals surface area contributed by atoms with Gasteiger partial charge in [0.15, 0.2) is 5.66 Å². The summed E-state index contributed by atoms with van der Waals surface area (Å²) in [7, 11) is -6.80. The summed E-state index contributed by atoms with van der Waals surface area (Å²) >= 11 is 0. The van der Waals surface area contributed by atoms with E-state index in [1.165, 1.54) is 0 Å². The zero-order valence-electron chi connectivity index (χ0n) is 21.1. The number of aliphatic carboxylic acids is 10. The predicted octanol–water partition coefficient (Wildman–Crippen LogP) is -5.64. The van der Waals surface area contributed by atoms with E-state index in [0.717, 1.165) is 0 Å². The minimum atomic E-state index is -6.80. The van der Waals surface area contributed by atoms with Gasteiger partial charge in [-0.1, -0.05) is 0 Å². The number of carbonyl (C=O) groups is 10. The molecule has 0 saturated heterocycles. The minimum absolute atomic E-state index is 1.76. The molecular weight excluding hydrogens is 639 g/mol. The van der Waals surface area contributed by atoms with Crippen molar-refractivity contribution in [1.29, 1.82) is 0 Å². The Morgan fingerprint density at radius 2 is 0.636 bits per heavy atom. The van der Waals surface area contributed by atoms with Gasteiger partial charge in [-0.15, -0.1) is 7.94 Å². The van der Waals surface area contributed by atoms with E-state index in [4.69, 9.17) is 5.11 Å². The summed E-state index contributed by atoms with van der Waals surface area (Å²) in [4.78, 5) is 154. The highest BCUT2D eigenvalue weighted by molar-refractivity contribution is 7.56. The van der Waals surface area contributed by atoms with Crippen LogP contribution in [-0.2, 0) is 47.9 Å². The molecule has 0 spiro atoms. The van der Waals surface area contributed by atoms with Crippen LogP contribution in [0.4, 0.5) is 0 Å². The van der Waals surface area contributed by atoms with Crippen LogP contribution in [0.5, 0.6) is 0 Å². The largest absolute Gasteiger partial charge is 0.687 e. The lowest BCUT2D eigenvalue weighted by Crippen LogP contribution is -2.58. The fourth-order valence-electron chi connectivity index (χ4n) is 4.76. The molecular formula is C20H21O23P-2. The second kappa shape index (κ2) is 15.0. The summed E-state index contributed by atoms with van der Waals surface area (Å²) < 4.78 is 0. The molecule has 24 heteroatoms. The molecule has 0 aliphatic carbocycles. The molecule has 0 aromatic rings. The average Bonchev–Trinajstić information content (AvgIpc) is 2.80. The molecule has 10 N–H and O–H groups in total. The van der Waals surface area contributed by atoms with E-state index >= 15 is 0 Å². The molecule has 0 aliphatic rings. The Morgan fingerprint density at radius 3 is 0.818 bits per heavy atom. The lowest BCUT2D eigenvalue weighted by atomic mass is 9.63. The van der Waals surface area contributed by atoms with Gasteiger partial charge in [0.05, 0.1) is 47.8 Å². The molecule has 0 saturated carbocycles. The fraction of sp³-hybridized carbons (Fsp3) is 0.500. The first-order chi connectivity index (χ1) is 19.8. The van der Waals surface area contributed by atoms with Crippen molar-refractivity contribution in [1.82, 2.24) is 0 Å². The summed E-state index contributed by atoms with van der Waals surface area (Å²) in [5.74, 6) is -55.1. The van der Waals surface area contributed by atoms with Gasteiger partial charge in [0.2, 0.25) is 0 Å². The SMILES string of the molecule is O=C(O)CC(C(=O)O)C(C(=O)O)C(C(=O)O)C(C(=O)O)C(C(=O)O)C(C(=O)O)C(C(=O)O)C(C(=O)O)C(C(=O)O)[P+]([O-])([O-])[O-]. The summed E-state index contributed by atoms with van der Waals surface area (Å²) in [6, 6.07) is 0. The van der Waals surface area contributed by atoms with Gasteiger partial charge in [0, 0.05) is 0 Å². The van der Waals surface area contributed by atoms with E-state index in [0.29, 0.717) is 0 Å². The highest BCUT2D eigenvalue weighted by Gasteiger charge is 2.61. The first kappa shape index (κ1) is 39.0. The molecule has 0 radical (unpaired) electrons. The predicted molar refractivity (Wildman–Crippen MR) is 120 cm³/mol. The molecule has 0 heterocycles. The Hall–Kier alpha value is -4.99. The van der Waals surface area contributed by atoms with Gasteiger partial charge in [0.25, 0.3) is 0 Å². The first-order valence-electron chi connectivity index (χ1n) is 11.1. The smallest absolute Gasteiger partial charge is 0.344 e. The molecule has 0 aromatic heterocycles. The van der Waals surface area contributed by atoms with E-state index < -0.39 is 127 Å². The Bertz CT molecular complexity index is 1230. The van der Waals surface area contributed by atoms with E-state index in [1.54, 1.807) is 0 Å². The van der Waals surface area contributed by atoms with Crippen molar-refractivity contribution in [2.45, 2.75) is 12.1 Å². The maximum Gasteiger partial charge on any atom is 0.344 e. The van der Waals surface area contributed by atoms with Crippen molar-refractivity contribution in [2.24, 2.45) is 47.3 Å². The Kier molecular flexibility index (Phi) is 13.3. The zero-order valence-corrected chi connectivity index (χ0v) is 22.0. The number of hydrogen-bond acceptors (Lipinski definition) is 13. The van der Waals surface area contributed by atoms with Crippen molar-refractivity contribution < 1.29 is 114 Å². The third-order valence-electron chi connectivity index (χ3n) is 6.40. The van der Waals surface area contributed by atoms with E-state index in [1.807, 2.05) is 0 Å². The quantitative estimate of drug-likeness (QED) is 0.0544. The molecule has 0 rings (SSSR count). The first-order valence-corrected chi connectivity index (χ1v) is 12.7. The van der Waals surface area contributed by atoms with Crippen LogP contribution >= 0.6 is 7.94 Å². The van der Waals surface area contributed by atoms with Crippen LogP contribution < -0.4 is 14.7 Å². The van der Waals surface area contributed by atoms with Crippen LogP contribution in [-0.4, -0.2) is 116 Å². The summed E-state index contributed by atoms with van der Waals surface area (Å²) in [5, 5.41) is 95.3. The van der Waals surface area contributed by atoms with Crippen LogP contribution in [0.2, 0.25) is 0 Å². The molecule has 23 nitrogen and oxygen atoms in total. The van der Waals surface area contributed by atoms with E-state index in [-0.39, 0.29) is 0 Å². The second-order valence-electron chi connectivity index (χ2n) is 8.91. The topological polar surface area (TPSA) is 442 Å². The maximum atomic E-state index is 12.3. The Morgan fingerprint density at radius 1 is 0.386 bits per heavy atom. The minimum Gasteiger partial charge on any atom is -0.687 e. The summed E-state index contributed by atoms with van der Waals surface area (Å²) in [5.41, 5.74) is -3.87. The zero-order chi connectivity index (χ0) is 35.2. The van der Waals surface area contributed by atoms with Crippen molar-refractivity contribution >= 4 is 67.6 Å². The molecule has 0 fully saturated rings. The van der Waals surface area contributed by atoms with Gasteiger partial charge in [-0.25, -0.2) is 4.79 Å². The van der Waals surface area contributed by atoms with Crippen LogP contribution in [0.25, 0.3) is 0 Å². The van der Waals surface area contributed by atoms with Crippen molar-refractivity contribution in [3.8, 4) is 0 Å². The van der Waals surface area contributed by atoms with Gasteiger partial charge >= 0.3 is 59.7 Å². The number of carboxylic acid groups (broad SMARTS) is 10. The molecule has 0 aromatic carbocycles. The normalized spacial score (nSPS) is 17.6. The number of rotatable bonds is 20. The van der Waals surface area contributed by atoms with Crippen LogP contribution in [0.1, 0.15) is 6.42 Å². The van der Waals surface area contributed by atoms with Crippen molar-refractivity contribution in [3.05, 3.63) is 0 Å². The highest BCUT2D eigenvalue weighted by atomic mass is 31.2. The van der Waals surface area contributed by atoms with Gasteiger partial charge in [-0.3, -0.25) is 43.2 Å². The second-order valence-corrected chi connectivity index (χ2v) is 10.5. The van der Waals surface area contributed by atoms with Crippen molar-refractivity contribution in [3.63, 3.8) is 0 Å². The monoisotopic (exact) mass is 660 g/mol. The average molecular weight is 660 g/mol. The molecule has 0 amide bonds. The van der Waals surface area contributed by atoms with Gasteiger partial charge in [-0.2, -0.15) is 0 Å². The molecule has 9 unspecified atom stereocenters. The van der Waals surface area contributed by atoms with Gasteiger partial charge < -0.3 is 65.7 Å². The molecule has 9 atom stereocenters. The van der Waals surface area contributed by atoms with Crippen LogP contribution in [0, 0.1) is 47.3 Å².